The van der Waals surface area contributed by atoms with Gasteiger partial charge >= 0.3 is 0 Å². The number of fused-ring (bicyclic) bond motifs is 1. The highest BCUT2D eigenvalue weighted by Crippen LogP contribution is 2.23. The molecule has 3 aliphatic rings. The van der Waals surface area contributed by atoms with Crippen molar-refractivity contribution in [1.29, 1.82) is 0 Å². The molecule has 0 atom stereocenters. The number of amides is 2. The van der Waals surface area contributed by atoms with Gasteiger partial charge in [-0.15, -0.1) is 0 Å². The lowest BCUT2D eigenvalue weighted by atomic mass is 10.1. The van der Waals surface area contributed by atoms with E-state index in [2.05, 4.69) is 11.7 Å². The van der Waals surface area contributed by atoms with Gasteiger partial charge in [0, 0.05) is 39.3 Å². The van der Waals surface area contributed by atoms with Crippen molar-refractivity contribution >= 4 is 31.9 Å². The lowest BCUT2D eigenvalue weighted by molar-refractivity contribution is 0.0663. The monoisotopic (exact) mass is 536 g/mol. The molecular formula is C20H36N6O7S2. The van der Waals surface area contributed by atoms with Crippen molar-refractivity contribution in [3.8, 4) is 0 Å². The fourth-order valence-corrected chi connectivity index (χ4v) is 6.85. The minimum absolute atomic E-state index is 0. The number of hydrogen-bond acceptors (Lipinski definition) is 9. The maximum Gasteiger partial charge on any atom is 0.261 e. The molecule has 15 heteroatoms. The van der Waals surface area contributed by atoms with E-state index >= 15 is 0 Å². The summed E-state index contributed by atoms with van der Waals surface area (Å²) in [5.74, 6) is 7.06. The van der Waals surface area contributed by atoms with Gasteiger partial charge in [-0.3, -0.25) is 26.2 Å². The van der Waals surface area contributed by atoms with Crippen LogP contribution in [0.3, 0.4) is 0 Å². The molecule has 35 heavy (non-hydrogen) atoms. The van der Waals surface area contributed by atoms with E-state index < -0.39 is 31.9 Å². The van der Waals surface area contributed by atoms with E-state index in [4.69, 9.17) is 5.73 Å². The number of nitrogens with two attached hydrogens (primary N) is 3. The number of rotatable bonds is 7. The predicted molar refractivity (Wildman–Crippen MR) is 132 cm³/mol. The molecule has 2 amide bonds. The maximum atomic E-state index is 12.2. The normalized spacial score (nSPS) is 18.3. The highest BCUT2D eigenvalue weighted by atomic mass is 32.2. The van der Waals surface area contributed by atoms with Crippen LogP contribution in [0, 0.1) is 0 Å². The summed E-state index contributed by atoms with van der Waals surface area (Å²) in [6.07, 6.45) is 3.71. The zero-order valence-corrected chi connectivity index (χ0v) is 21.3. The Bertz CT molecular complexity index is 1020. The van der Waals surface area contributed by atoms with Gasteiger partial charge in [0.2, 0.25) is 20.0 Å². The van der Waals surface area contributed by atoms with Crippen LogP contribution >= 0.6 is 0 Å². The van der Waals surface area contributed by atoms with Crippen molar-refractivity contribution < 1.29 is 31.9 Å². The Labute approximate surface area is 206 Å². The van der Waals surface area contributed by atoms with Crippen molar-refractivity contribution in [2.45, 2.75) is 25.7 Å². The van der Waals surface area contributed by atoms with Crippen molar-refractivity contribution in [3.63, 3.8) is 0 Å². The van der Waals surface area contributed by atoms with E-state index in [9.17, 15) is 26.4 Å². The van der Waals surface area contributed by atoms with Gasteiger partial charge in [0.25, 0.3) is 11.8 Å². The number of sulfonamides is 2. The molecule has 4 rings (SSSR count). The molecule has 0 spiro atoms. The average molecular weight is 537 g/mol. The van der Waals surface area contributed by atoms with Crippen LogP contribution in [0.1, 0.15) is 46.4 Å². The number of nitrogens with zero attached hydrogens (tertiary/aromatic N) is 3. The fourth-order valence-electron chi connectivity index (χ4n) is 3.99. The third-order valence-corrected chi connectivity index (χ3v) is 9.50. The van der Waals surface area contributed by atoms with Gasteiger partial charge in [-0.05, 0) is 37.8 Å². The van der Waals surface area contributed by atoms with Crippen LogP contribution in [-0.2, 0) is 20.0 Å². The molecule has 8 N–H and O–H groups in total. The van der Waals surface area contributed by atoms with E-state index in [0.717, 1.165) is 30.6 Å². The van der Waals surface area contributed by atoms with Crippen molar-refractivity contribution in [2.24, 2.45) is 17.4 Å². The summed E-state index contributed by atoms with van der Waals surface area (Å²) in [6.45, 7) is 2.56. The van der Waals surface area contributed by atoms with Crippen LogP contribution in [0.5, 0.6) is 0 Å². The molecule has 0 saturated carbocycles. The lowest BCUT2D eigenvalue weighted by Crippen LogP contribution is -2.38. The molecule has 3 aliphatic heterocycles. The van der Waals surface area contributed by atoms with Crippen LogP contribution in [0.2, 0.25) is 0 Å². The SMILES string of the molecule is NCCS(=O)(=O)N1CCCC1.NN.O.O=C1c2ccccc2C(=O)N1CCS(=O)(=O)N1CCCC1. The van der Waals surface area contributed by atoms with E-state index in [1.54, 1.807) is 24.3 Å². The summed E-state index contributed by atoms with van der Waals surface area (Å²) in [4.78, 5) is 25.3. The lowest BCUT2D eigenvalue weighted by Gasteiger charge is -2.18. The number of hydrazine groups is 1. The predicted octanol–water partition coefficient (Wildman–Crippen LogP) is -1.93. The summed E-state index contributed by atoms with van der Waals surface area (Å²) in [5, 5.41) is 0. The number of benzene rings is 1. The second-order valence-corrected chi connectivity index (χ2v) is 12.1. The first-order chi connectivity index (χ1) is 16.2. The van der Waals surface area contributed by atoms with Gasteiger partial charge in [0.1, 0.15) is 0 Å². The second kappa shape index (κ2) is 13.9. The first-order valence-electron chi connectivity index (χ1n) is 11.1. The zero-order chi connectivity index (χ0) is 25.4. The minimum Gasteiger partial charge on any atom is -0.412 e. The summed E-state index contributed by atoms with van der Waals surface area (Å²) in [6, 6.07) is 6.55. The fraction of sp³-hybridized carbons (Fsp3) is 0.600. The van der Waals surface area contributed by atoms with Crippen LogP contribution in [0.4, 0.5) is 0 Å². The van der Waals surface area contributed by atoms with E-state index in [1.807, 2.05) is 0 Å². The molecule has 3 heterocycles. The molecule has 2 fully saturated rings. The standard InChI is InChI=1S/C14H16N2O4S.C6H14N2O2S.H4N2.H2O/c17-13-11-5-1-2-6-12(11)14(18)16(13)9-10-21(19,20)15-7-3-4-8-15;7-3-6-11(9,10)8-4-1-2-5-8;1-2;/h1-2,5-6H,3-4,7-10H2;1-7H2;1-2H2;1H2. The summed E-state index contributed by atoms with van der Waals surface area (Å²) >= 11 is 0. The molecule has 2 saturated heterocycles. The minimum atomic E-state index is -3.39. The Balaban J connectivity index is 0.000000373. The number of carbonyl (C=O) groups excluding carboxylic acids is 2. The van der Waals surface area contributed by atoms with Gasteiger partial charge in [-0.25, -0.2) is 25.4 Å². The molecule has 0 bridgehead atoms. The van der Waals surface area contributed by atoms with E-state index in [1.165, 1.54) is 8.61 Å². The molecule has 1 aromatic rings. The molecule has 0 aromatic heterocycles. The summed E-state index contributed by atoms with van der Waals surface area (Å²) in [5.41, 5.74) is 5.87. The molecule has 200 valence electrons. The Morgan fingerprint density at radius 2 is 1.09 bits per heavy atom. The molecule has 13 nitrogen and oxygen atoms in total. The van der Waals surface area contributed by atoms with Gasteiger partial charge in [-0.2, -0.15) is 0 Å². The Kier molecular flexibility index (Phi) is 12.4. The molecular weight excluding hydrogens is 500 g/mol. The third-order valence-electron chi connectivity index (χ3n) is 5.74. The first-order valence-corrected chi connectivity index (χ1v) is 14.3. The van der Waals surface area contributed by atoms with E-state index in [0.29, 0.717) is 37.3 Å². The smallest absolute Gasteiger partial charge is 0.261 e. The van der Waals surface area contributed by atoms with E-state index in [-0.39, 0.29) is 30.1 Å². The van der Waals surface area contributed by atoms with Crippen molar-refractivity contribution in [3.05, 3.63) is 35.4 Å². The molecule has 0 aliphatic carbocycles. The third kappa shape index (κ3) is 7.75. The number of imide groups is 1. The van der Waals surface area contributed by atoms with Crippen molar-refractivity contribution in [2.75, 3.05) is 50.8 Å². The highest BCUT2D eigenvalue weighted by molar-refractivity contribution is 7.89. The zero-order valence-electron chi connectivity index (χ0n) is 19.6. The van der Waals surface area contributed by atoms with Crippen LogP contribution in [0.25, 0.3) is 0 Å². The maximum absolute atomic E-state index is 12.2. The second-order valence-electron chi connectivity index (χ2n) is 7.94. The molecule has 1 aromatic carbocycles. The largest absolute Gasteiger partial charge is 0.412 e. The molecule has 0 unspecified atom stereocenters. The first kappa shape index (κ1) is 31.1. The van der Waals surface area contributed by atoms with Crippen LogP contribution < -0.4 is 17.4 Å². The Hall–Kier alpha value is -1.98. The summed E-state index contributed by atoms with van der Waals surface area (Å²) in [7, 11) is -6.40. The van der Waals surface area contributed by atoms with Crippen LogP contribution in [0.15, 0.2) is 24.3 Å². The quantitative estimate of drug-likeness (QED) is 0.200. The van der Waals surface area contributed by atoms with Gasteiger partial charge in [0.15, 0.2) is 0 Å². The van der Waals surface area contributed by atoms with Gasteiger partial charge in [0.05, 0.1) is 22.6 Å². The highest BCUT2D eigenvalue weighted by Gasteiger charge is 2.36. The van der Waals surface area contributed by atoms with Crippen LogP contribution in [-0.4, -0.2) is 98.4 Å². The Morgan fingerprint density at radius 1 is 0.714 bits per heavy atom. The van der Waals surface area contributed by atoms with Gasteiger partial charge in [-0.1, -0.05) is 12.1 Å². The molecule has 0 radical (unpaired) electrons. The topological polar surface area (TPSA) is 222 Å². The Morgan fingerprint density at radius 3 is 1.46 bits per heavy atom. The van der Waals surface area contributed by atoms with Crippen molar-refractivity contribution in [1.82, 2.24) is 13.5 Å². The average Bonchev–Trinajstić information content (AvgIpc) is 3.59. The summed E-state index contributed by atoms with van der Waals surface area (Å²) < 4.78 is 49.8. The number of carbonyl (C=O) groups is 2. The van der Waals surface area contributed by atoms with Gasteiger partial charge < -0.3 is 11.2 Å². The number of hydrogen-bond donors (Lipinski definition) is 3.